The average Bonchev–Trinajstić information content (AvgIpc) is 3.02. The maximum absolute atomic E-state index is 12.5. The van der Waals surface area contributed by atoms with Gasteiger partial charge in [-0.1, -0.05) is 12.1 Å². The number of rotatable bonds is 6. The molecular weight excluding hydrogens is 256 g/mol. The molecule has 0 spiro atoms. The highest BCUT2D eigenvalue weighted by Gasteiger charge is 2.20. The summed E-state index contributed by atoms with van der Waals surface area (Å²) in [6.07, 6.45) is 3.79. The molecule has 0 aliphatic carbocycles. The van der Waals surface area contributed by atoms with E-state index >= 15 is 0 Å². The lowest BCUT2D eigenvalue weighted by Gasteiger charge is -2.24. The molecule has 2 rings (SSSR count). The summed E-state index contributed by atoms with van der Waals surface area (Å²) < 4.78 is 5.33. The number of aromatic amines is 1. The van der Waals surface area contributed by atoms with Gasteiger partial charge in [0.2, 0.25) is 0 Å². The molecule has 0 bridgehead atoms. The molecule has 0 aliphatic rings. The Bertz CT molecular complexity index is 554. The van der Waals surface area contributed by atoms with Crippen LogP contribution in [0.1, 0.15) is 16.8 Å². The van der Waals surface area contributed by atoms with Crippen LogP contribution in [0.4, 0.5) is 5.69 Å². The zero-order valence-electron chi connectivity index (χ0n) is 11.4. The predicted octanol–water partition coefficient (Wildman–Crippen LogP) is 1.41. The first-order valence-electron chi connectivity index (χ1n) is 6.41. The molecule has 0 aliphatic heterocycles. The monoisotopic (exact) mass is 274 g/mol. The second-order valence-electron chi connectivity index (χ2n) is 4.26. The Balaban J connectivity index is 2.34. The summed E-state index contributed by atoms with van der Waals surface area (Å²) in [7, 11) is 1.59. The highest BCUT2D eigenvalue weighted by atomic mass is 16.5. The van der Waals surface area contributed by atoms with Crippen molar-refractivity contribution >= 4 is 11.6 Å². The van der Waals surface area contributed by atoms with Crippen molar-refractivity contribution in [3.05, 3.63) is 42.2 Å². The van der Waals surface area contributed by atoms with E-state index < -0.39 is 0 Å². The van der Waals surface area contributed by atoms with Crippen LogP contribution in [0.25, 0.3) is 0 Å². The second-order valence-corrected chi connectivity index (χ2v) is 4.26. The Morgan fingerprint density at radius 1 is 1.45 bits per heavy atom. The Hall–Kier alpha value is -2.34. The number of ether oxygens (including phenoxy) is 1. The van der Waals surface area contributed by atoms with Gasteiger partial charge in [0, 0.05) is 12.7 Å². The molecule has 0 fully saturated rings. The Morgan fingerprint density at radius 3 is 2.90 bits per heavy atom. The summed E-state index contributed by atoms with van der Waals surface area (Å²) in [5.74, 6) is 0.526. The number of anilines is 1. The highest BCUT2D eigenvalue weighted by Crippen LogP contribution is 2.28. The number of carbonyl (C=O) groups is 1. The first-order chi connectivity index (χ1) is 9.77. The molecule has 0 radical (unpaired) electrons. The van der Waals surface area contributed by atoms with Crippen molar-refractivity contribution in [2.75, 3.05) is 25.1 Å². The summed E-state index contributed by atoms with van der Waals surface area (Å²) in [4.78, 5) is 14.2. The minimum atomic E-state index is -0.128. The van der Waals surface area contributed by atoms with Gasteiger partial charge in [-0.15, -0.1) is 0 Å². The van der Waals surface area contributed by atoms with Crippen LogP contribution in [0.15, 0.2) is 36.7 Å². The van der Waals surface area contributed by atoms with E-state index in [0.717, 1.165) is 5.69 Å². The molecular formula is C14H18N4O2. The van der Waals surface area contributed by atoms with E-state index in [1.165, 1.54) is 6.20 Å². The van der Waals surface area contributed by atoms with E-state index in [9.17, 15) is 4.79 Å². The third-order valence-electron chi connectivity index (χ3n) is 2.95. The van der Waals surface area contributed by atoms with Gasteiger partial charge in [0.1, 0.15) is 5.75 Å². The maximum atomic E-state index is 12.5. The molecule has 6 nitrogen and oxygen atoms in total. The second kappa shape index (κ2) is 6.72. The summed E-state index contributed by atoms with van der Waals surface area (Å²) in [6, 6.07) is 7.42. The molecule has 6 heteroatoms. The van der Waals surface area contributed by atoms with E-state index in [2.05, 4.69) is 10.2 Å². The van der Waals surface area contributed by atoms with Crippen molar-refractivity contribution in [2.45, 2.75) is 6.42 Å². The van der Waals surface area contributed by atoms with Gasteiger partial charge < -0.3 is 15.4 Å². The van der Waals surface area contributed by atoms with Gasteiger partial charge >= 0.3 is 0 Å². The molecule has 0 atom stereocenters. The summed E-state index contributed by atoms with van der Waals surface area (Å²) in [5.41, 5.74) is 6.80. The zero-order chi connectivity index (χ0) is 14.4. The fourth-order valence-electron chi connectivity index (χ4n) is 1.96. The van der Waals surface area contributed by atoms with Crippen molar-refractivity contribution in [3.8, 4) is 5.75 Å². The van der Waals surface area contributed by atoms with E-state index in [1.807, 2.05) is 24.3 Å². The molecule has 1 aromatic heterocycles. The van der Waals surface area contributed by atoms with E-state index in [4.69, 9.17) is 10.5 Å². The van der Waals surface area contributed by atoms with Gasteiger partial charge in [0.05, 0.1) is 24.6 Å². The fraction of sp³-hybridized carbons (Fsp3) is 0.286. The molecule has 2 aromatic rings. The number of amides is 1. The first kappa shape index (κ1) is 14.1. The van der Waals surface area contributed by atoms with Crippen LogP contribution in [-0.2, 0) is 0 Å². The number of nitrogens with one attached hydrogen (secondary N) is 1. The standard InChI is InChI=1S/C14H18N4O2/c1-20-13-6-3-2-5-12(13)18(8-4-7-15)14(19)11-9-16-17-10-11/h2-3,5-6,9-10H,4,7-8,15H2,1H3,(H,16,17). The number of H-pyrrole nitrogens is 1. The number of benzene rings is 1. The minimum absolute atomic E-state index is 0.128. The number of nitrogens with zero attached hydrogens (tertiary/aromatic N) is 2. The SMILES string of the molecule is COc1ccccc1N(CCCN)C(=O)c1cn[nH]c1. The number of nitrogens with two attached hydrogens (primary N) is 1. The fourth-order valence-corrected chi connectivity index (χ4v) is 1.96. The van der Waals surface area contributed by atoms with Gasteiger partial charge in [0.25, 0.3) is 5.91 Å². The lowest BCUT2D eigenvalue weighted by atomic mass is 10.2. The Morgan fingerprint density at radius 2 is 2.25 bits per heavy atom. The van der Waals surface area contributed by atoms with E-state index in [-0.39, 0.29) is 5.91 Å². The highest BCUT2D eigenvalue weighted by molar-refractivity contribution is 6.06. The van der Waals surface area contributed by atoms with Crippen LogP contribution in [-0.4, -0.2) is 36.3 Å². The van der Waals surface area contributed by atoms with Gasteiger partial charge in [-0.3, -0.25) is 9.89 Å². The van der Waals surface area contributed by atoms with Crippen molar-refractivity contribution in [1.82, 2.24) is 10.2 Å². The number of carbonyl (C=O) groups excluding carboxylic acids is 1. The first-order valence-corrected chi connectivity index (χ1v) is 6.41. The predicted molar refractivity (Wildman–Crippen MR) is 76.9 cm³/mol. The molecule has 20 heavy (non-hydrogen) atoms. The molecule has 3 N–H and O–H groups in total. The van der Waals surface area contributed by atoms with Gasteiger partial charge in [-0.2, -0.15) is 5.10 Å². The summed E-state index contributed by atoms with van der Waals surface area (Å²) in [6.45, 7) is 1.05. The van der Waals surface area contributed by atoms with Crippen molar-refractivity contribution in [1.29, 1.82) is 0 Å². The number of hydrogen-bond donors (Lipinski definition) is 2. The largest absolute Gasteiger partial charge is 0.495 e. The van der Waals surface area contributed by atoms with Crippen LogP contribution < -0.4 is 15.4 Å². The van der Waals surface area contributed by atoms with Crippen LogP contribution in [0, 0.1) is 0 Å². The zero-order valence-corrected chi connectivity index (χ0v) is 11.4. The molecule has 0 saturated carbocycles. The van der Waals surface area contributed by atoms with E-state index in [0.29, 0.717) is 30.8 Å². The normalized spacial score (nSPS) is 10.3. The smallest absolute Gasteiger partial charge is 0.261 e. The van der Waals surface area contributed by atoms with Crippen LogP contribution in [0.3, 0.4) is 0 Å². The molecule has 0 saturated heterocycles. The maximum Gasteiger partial charge on any atom is 0.261 e. The minimum Gasteiger partial charge on any atom is -0.495 e. The van der Waals surface area contributed by atoms with Gasteiger partial charge in [-0.05, 0) is 25.1 Å². The van der Waals surface area contributed by atoms with Gasteiger partial charge in [-0.25, -0.2) is 0 Å². The Labute approximate surface area is 117 Å². The number of hydrogen-bond acceptors (Lipinski definition) is 4. The molecule has 0 unspecified atom stereocenters. The third kappa shape index (κ3) is 2.97. The molecule has 106 valence electrons. The lowest BCUT2D eigenvalue weighted by Crippen LogP contribution is -2.33. The summed E-state index contributed by atoms with van der Waals surface area (Å²) in [5, 5.41) is 6.46. The quantitative estimate of drug-likeness (QED) is 0.834. The van der Waals surface area contributed by atoms with Crippen molar-refractivity contribution < 1.29 is 9.53 Å². The van der Waals surface area contributed by atoms with Gasteiger partial charge in [0.15, 0.2) is 0 Å². The van der Waals surface area contributed by atoms with Crippen LogP contribution in [0.2, 0.25) is 0 Å². The number of aromatic nitrogens is 2. The van der Waals surface area contributed by atoms with Crippen LogP contribution in [0.5, 0.6) is 5.75 Å². The van der Waals surface area contributed by atoms with Crippen LogP contribution >= 0.6 is 0 Å². The van der Waals surface area contributed by atoms with E-state index in [1.54, 1.807) is 18.2 Å². The summed E-state index contributed by atoms with van der Waals surface area (Å²) >= 11 is 0. The average molecular weight is 274 g/mol. The topological polar surface area (TPSA) is 84.2 Å². The third-order valence-corrected chi connectivity index (χ3v) is 2.95. The number of methoxy groups -OCH3 is 1. The van der Waals surface area contributed by atoms with Crippen molar-refractivity contribution in [2.24, 2.45) is 5.73 Å². The van der Waals surface area contributed by atoms with Crippen molar-refractivity contribution in [3.63, 3.8) is 0 Å². The molecule has 1 heterocycles. The lowest BCUT2D eigenvalue weighted by molar-refractivity contribution is 0.0986. The Kier molecular flexibility index (Phi) is 4.73. The number of para-hydroxylation sites is 2. The molecule has 1 amide bonds. The molecule has 1 aromatic carbocycles.